The smallest absolute Gasteiger partial charge is 0.303 e. The minimum absolute atomic E-state index is 0.131. The molecule has 0 aliphatic rings. The molecule has 2 aromatic heterocycles. The first-order valence-electron chi connectivity index (χ1n) is 9.92. The van der Waals surface area contributed by atoms with Gasteiger partial charge < -0.3 is 5.11 Å². The molecule has 0 atom stereocenters. The molecule has 0 fully saturated rings. The van der Waals surface area contributed by atoms with Crippen LogP contribution in [0.25, 0.3) is 10.6 Å². The van der Waals surface area contributed by atoms with Gasteiger partial charge in [-0.2, -0.15) is 5.10 Å². The van der Waals surface area contributed by atoms with Crippen LogP contribution < -0.4 is 0 Å². The third-order valence-corrected chi connectivity index (χ3v) is 5.86. The van der Waals surface area contributed by atoms with Crippen molar-refractivity contribution in [2.24, 2.45) is 0 Å². The molecule has 29 heavy (non-hydrogen) atoms. The third kappa shape index (κ3) is 6.02. The van der Waals surface area contributed by atoms with Gasteiger partial charge in [0.15, 0.2) is 0 Å². The van der Waals surface area contributed by atoms with E-state index in [-0.39, 0.29) is 11.8 Å². The van der Waals surface area contributed by atoms with Crippen molar-refractivity contribution in [2.45, 2.75) is 52.1 Å². The highest BCUT2D eigenvalue weighted by atomic mass is 32.1. The number of hydrogen-bond acceptors (Lipinski definition) is 4. The third-order valence-electron chi connectivity index (χ3n) is 4.97. The van der Waals surface area contributed by atoms with Gasteiger partial charge >= 0.3 is 5.97 Å². The molecule has 0 aliphatic heterocycles. The second-order valence-electron chi connectivity index (χ2n) is 8.40. The largest absolute Gasteiger partial charge is 0.481 e. The summed E-state index contributed by atoms with van der Waals surface area (Å²) in [5.74, 6) is -0.748. The predicted octanol–water partition coefficient (Wildman–Crippen LogP) is 5.30. The Morgan fingerprint density at radius 3 is 2.55 bits per heavy atom. The van der Waals surface area contributed by atoms with E-state index >= 15 is 0 Å². The van der Waals surface area contributed by atoms with Crippen LogP contribution in [0.5, 0.6) is 0 Å². The molecule has 0 spiro atoms. The van der Waals surface area contributed by atoms with Gasteiger partial charge in [-0.25, -0.2) is 0 Å². The molecule has 1 aromatic carbocycles. The van der Waals surface area contributed by atoms with Gasteiger partial charge in [-0.05, 0) is 41.0 Å². The van der Waals surface area contributed by atoms with E-state index in [0.29, 0.717) is 6.42 Å². The van der Waals surface area contributed by atoms with Gasteiger partial charge in [0, 0.05) is 25.1 Å². The number of carboxylic acid groups (broad SMARTS) is 1. The van der Waals surface area contributed by atoms with Crippen molar-refractivity contribution >= 4 is 17.3 Å². The lowest BCUT2D eigenvalue weighted by Gasteiger charge is -2.23. The van der Waals surface area contributed by atoms with E-state index in [1.54, 1.807) is 11.3 Å². The van der Waals surface area contributed by atoms with Crippen LogP contribution >= 0.6 is 11.3 Å². The Bertz CT molecular complexity index is 909. The van der Waals surface area contributed by atoms with Crippen molar-refractivity contribution < 1.29 is 9.90 Å². The number of hydrogen-bond donors (Lipinski definition) is 2. The van der Waals surface area contributed by atoms with Crippen LogP contribution in [0.4, 0.5) is 0 Å². The summed E-state index contributed by atoms with van der Waals surface area (Å²) in [6.07, 6.45) is 2.69. The molecule has 0 aliphatic carbocycles. The molecule has 0 radical (unpaired) electrons. The maximum atomic E-state index is 11.0. The van der Waals surface area contributed by atoms with Crippen molar-refractivity contribution in [3.63, 3.8) is 0 Å². The predicted molar refractivity (Wildman–Crippen MR) is 118 cm³/mol. The van der Waals surface area contributed by atoms with Gasteiger partial charge in [-0.1, -0.05) is 51.1 Å². The lowest BCUT2D eigenvalue weighted by molar-refractivity contribution is -0.137. The summed E-state index contributed by atoms with van der Waals surface area (Å²) in [4.78, 5) is 14.4. The quantitative estimate of drug-likeness (QED) is 0.501. The Morgan fingerprint density at radius 2 is 1.93 bits per heavy atom. The molecule has 0 bridgehead atoms. The second-order valence-corrected chi connectivity index (χ2v) is 9.35. The zero-order chi connectivity index (χ0) is 20.9. The Labute approximate surface area is 176 Å². The number of thiophene rings is 1. The minimum Gasteiger partial charge on any atom is -0.481 e. The zero-order valence-electron chi connectivity index (χ0n) is 17.3. The van der Waals surface area contributed by atoms with E-state index in [2.05, 4.69) is 71.6 Å². The molecule has 3 aromatic rings. The van der Waals surface area contributed by atoms with Crippen molar-refractivity contribution in [1.82, 2.24) is 15.1 Å². The van der Waals surface area contributed by atoms with Crippen molar-refractivity contribution in [1.29, 1.82) is 0 Å². The standard InChI is InChI=1S/C23H29N3O2S/c1-23(2,3)19-10-8-17(9-11-19)15-26(12-4-7-21(27)28)16-18-14-24-25-22(18)20-6-5-13-29-20/h5-6,8-11,13-14H,4,7,12,15-16H2,1-3H3,(H,24,25)(H,27,28). The molecule has 6 heteroatoms. The number of H-pyrrole nitrogens is 1. The summed E-state index contributed by atoms with van der Waals surface area (Å²) >= 11 is 1.68. The maximum absolute atomic E-state index is 11.0. The highest BCUT2D eigenvalue weighted by Crippen LogP contribution is 2.27. The molecule has 2 N–H and O–H groups in total. The Kier molecular flexibility index (Phi) is 6.87. The van der Waals surface area contributed by atoms with E-state index in [1.807, 2.05) is 12.3 Å². The lowest BCUT2D eigenvalue weighted by Crippen LogP contribution is -2.24. The van der Waals surface area contributed by atoms with Crippen molar-refractivity contribution in [3.8, 4) is 10.6 Å². The van der Waals surface area contributed by atoms with E-state index in [4.69, 9.17) is 5.11 Å². The summed E-state index contributed by atoms with van der Waals surface area (Å²) in [5.41, 5.74) is 4.86. The number of aromatic nitrogens is 2. The van der Waals surface area contributed by atoms with Crippen LogP contribution in [0.15, 0.2) is 48.0 Å². The van der Waals surface area contributed by atoms with Crippen LogP contribution in [0.2, 0.25) is 0 Å². The number of nitrogens with zero attached hydrogens (tertiary/aromatic N) is 2. The average molecular weight is 412 g/mol. The van der Waals surface area contributed by atoms with E-state index in [1.165, 1.54) is 11.1 Å². The number of carboxylic acids is 1. The number of nitrogens with one attached hydrogen (secondary N) is 1. The van der Waals surface area contributed by atoms with Gasteiger partial charge in [-0.15, -0.1) is 11.3 Å². The topological polar surface area (TPSA) is 69.2 Å². The molecule has 0 unspecified atom stereocenters. The van der Waals surface area contributed by atoms with Crippen molar-refractivity contribution in [3.05, 3.63) is 64.7 Å². The number of carbonyl (C=O) groups is 1. The van der Waals surface area contributed by atoms with Gasteiger partial charge in [0.1, 0.15) is 0 Å². The molecule has 3 rings (SSSR count). The summed E-state index contributed by atoms with van der Waals surface area (Å²) in [5, 5.41) is 18.4. The Morgan fingerprint density at radius 1 is 1.17 bits per heavy atom. The summed E-state index contributed by atoms with van der Waals surface area (Å²) in [7, 11) is 0. The number of benzene rings is 1. The highest BCUT2D eigenvalue weighted by Gasteiger charge is 2.16. The average Bonchev–Trinajstić information content (AvgIpc) is 3.32. The van der Waals surface area contributed by atoms with Crippen LogP contribution in [0.1, 0.15) is 50.3 Å². The molecule has 0 saturated heterocycles. The summed E-state index contributed by atoms with van der Waals surface area (Å²) < 4.78 is 0. The number of aromatic amines is 1. The van der Waals surface area contributed by atoms with Crippen LogP contribution in [0.3, 0.4) is 0 Å². The van der Waals surface area contributed by atoms with Gasteiger partial charge in [0.2, 0.25) is 0 Å². The monoisotopic (exact) mass is 411 g/mol. The van der Waals surface area contributed by atoms with Gasteiger partial charge in [-0.3, -0.25) is 14.8 Å². The maximum Gasteiger partial charge on any atom is 0.303 e. The first kappa shape index (κ1) is 21.3. The fraction of sp³-hybridized carbons (Fsp3) is 0.391. The fourth-order valence-electron chi connectivity index (χ4n) is 3.34. The first-order chi connectivity index (χ1) is 13.8. The molecule has 0 amide bonds. The summed E-state index contributed by atoms with van der Waals surface area (Å²) in [6.45, 7) is 8.87. The zero-order valence-corrected chi connectivity index (χ0v) is 18.1. The lowest BCUT2D eigenvalue weighted by atomic mass is 9.87. The van der Waals surface area contributed by atoms with Crippen LogP contribution in [0, 0.1) is 0 Å². The molecule has 0 saturated carbocycles. The van der Waals surface area contributed by atoms with Crippen LogP contribution in [-0.2, 0) is 23.3 Å². The van der Waals surface area contributed by atoms with E-state index in [9.17, 15) is 4.79 Å². The number of rotatable bonds is 9. The molecule has 2 heterocycles. The normalized spacial score (nSPS) is 11.9. The minimum atomic E-state index is -0.748. The van der Waals surface area contributed by atoms with Crippen molar-refractivity contribution in [2.75, 3.05) is 6.54 Å². The molecular weight excluding hydrogens is 382 g/mol. The van der Waals surface area contributed by atoms with E-state index in [0.717, 1.165) is 35.8 Å². The first-order valence-corrected chi connectivity index (χ1v) is 10.8. The molecular formula is C23H29N3O2S. The van der Waals surface area contributed by atoms with Gasteiger partial charge in [0.05, 0.1) is 16.8 Å². The summed E-state index contributed by atoms with van der Waals surface area (Å²) in [6, 6.07) is 12.9. The molecule has 5 nitrogen and oxygen atoms in total. The Balaban J connectivity index is 1.74. The van der Waals surface area contributed by atoms with E-state index < -0.39 is 5.97 Å². The van der Waals surface area contributed by atoms with Crippen LogP contribution in [-0.4, -0.2) is 32.7 Å². The highest BCUT2D eigenvalue weighted by molar-refractivity contribution is 7.13. The SMILES string of the molecule is CC(C)(C)c1ccc(CN(CCCC(=O)O)Cc2cn[nH]c2-c2cccs2)cc1. The fourth-order valence-corrected chi connectivity index (χ4v) is 4.10. The number of aliphatic carboxylic acids is 1. The van der Waals surface area contributed by atoms with Gasteiger partial charge in [0.25, 0.3) is 0 Å². The molecule has 154 valence electrons. The Hall–Kier alpha value is -2.44. The second kappa shape index (κ2) is 9.37.